The van der Waals surface area contributed by atoms with Crippen LogP contribution in [-0.4, -0.2) is 18.5 Å². The van der Waals surface area contributed by atoms with Gasteiger partial charge in [-0.2, -0.15) is 0 Å². The molecular formula is C15H19ClN2O. The normalized spacial score (nSPS) is 28.3. The number of nitrogens with one attached hydrogen (secondary N) is 2. The van der Waals surface area contributed by atoms with Gasteiger partial charge in [0.1, 0.15) is 0 Å². The van der Waals surface area contributed by atoms with Crippen LogP contribution in [0, 0.1) is 5.41 Å². The molecule has 102 valence electrons. The van der Waals surface area contributed by atoms with E-state index >= 15 is 0 Å². The summed E-state index contributed by atoms with van der Waals surface area (Å²) >= 11 is 6.13. The van der Waals surface area contributed by atoms with Gasteiger partial charge in [0.05, 0.1) is 0 Å². The van der Waals surface area contributed by atoms with Gasteiger partial charge in [0.2, 0.25) is 5.91 Å². The van der Waals surface area contributed by atoms with Crippen molar-refractivity contribution in [2.24, 2.45) is 5.41 Å². The van der Waals surface area contributed by atoms with Crippen LogP contribution in [0.4, 0.5) is 0 Å². The van der Waals surface area contributed by atoms with Crippen LogP contribution in [0.2, 0.25) is 5.02 Å². The second kappa shape index (κ2) is 4.50. The third-order valence-corrected chi connectivity index (χ3v) is 4.46. The zero-order valence-corrected chi connectivity index (χ0v) is 12.1. The summed E-state index contributed by atoms with van der Waals surface area (Å²) in [4.78, 5) is 11.3. The molecule has 1 fully saturated rings. The summed E-state index contributed by atoms with van der Waals surface area (Å²) in [5.41, 5.74) is 2.81. The number of halogens is 1. The molecule has 1 aromatic rings. The number of carbonyl (C=O) groups excluding carboxylic acids is 1. The Bertz CT molecular complexity index is 527. The molecule has 0 saturated carbocycles. The molecule has 1 heterocycles. The standard InChI is InChI=1S/C15H19ClN2O/c1-15(2)7-9-3-4-10(16)5-12(9)14(15)18-11-6-13(19)17-8-11/h3-5,11,14,18H,6-8H2,1-2H3,(H,17,19). The van der Waals surface area contributed by atoms with Crippen molar-refractivity contribution < 1.29 is 4.79 Å². The van der Waals surface area contributed by atoms with Crippen LogP contribution in [0.25, 0.3) is 0 Å². The van der Waals surface area contributed by atoms with Gasteiger partial charge in [-0.05, 0) is 35.1 Å². The van der Waals surface area contributed by atoms with E-state index in [1.54, 1.807) is 0 Å². The highest BCUT2D eigenvalue weighted by Gasteiger charge is 2.40. The highest BCUT2D eigenvalue weighted by Crippen LogP contribution is 2.46. The second-order valence-electron chi connectivity index (χ2n) is 6.31. The van der Waals surface area contributed by atoms with E-state index in [4.69, 9.17) is 11.6 Å². The number of hydrogen-bond acceptors (Lipinski definition) is 2. The third-order valence-electron chi connectivity index (χ3n) is 4.23. The average Bonchev–Trinajstić information content (AvgIpc) is 2.83. The molecule has 1 aromatic carbocycles. The molecule has 3 rings (SSSR count). The minimum atomic E-state index is 0.139. The van der Waals surface area contributed by atoms with Gasteiger partial charge in [0, 0.05) is 30.1 Å². The maximum absolute atomic E-state index is 11.3. The van der Waals surface area contributed by atoms with Gasteiger partial charge in [-0.1, -0.05) is 31.5 Å². The fraction of sp³-hybridized carbons (Fsp3) is 0.533. The van der Waals surface area contributed by atoms with Crippen molar-refractivity contribution in [1.82, 2.24) is 10.6 Å². The van der Waals surface area contributed by atoms with Gasteiger partial charge in [-0.15, -0.1) is 0 Å². The Morgan fingerprint density at radius 2 is 2.21 bits per heavy atom. The maximum atomic E-state index is 11.3. The number of rotatable bonds is 2. The Labute approximate surface area is 118 Å². The quantitative estimate of drug-likeness (QED) is 0.872. The van der Waals surface area contributed by atoms with Crippen LogP contribution in [0.3, 0.4) is 0 Å². The number of carbonyl (C=O) groups is 1. The van der Waals surface area contributed by atoms with E-state index in [-0.39, 0.29) is 23.4 Å². The van der Waals surface area contributed by atoms with E-state index in [0.29, 0.717) is 6.42 Å². The highest BCUT2D eigenvalue weighted by molar-refractivity contribution is 6.30. The molecule has 1 aliphatic carbocycles. The predicted octanol–water partition coefficient (Wildman–Crippen LogP) is 2.44. The Balaban J connectivity index is 1.87. The zero-order chi connectivity index (χ0) is 13.6. The lowest BCUT2D eigenvalue weighted by atomic mass is 9.85. The first-order valence-corrected chi connectivity index (χ1v) is 7.14. The molecule has 2 aliphatic rings. The highest BCUT2D eigenvalue weighted by atomic mass is 35.5. The van der Waals surface area contributed by atoms with Crippen molar-refractivity contribution in [1.29, 1.82) is 0 Å². The van der Waals surface area contributed by atoms with E-state index in [1.807, 2.05) is 6.07 Å². The second-order valence-corrected chi connectivity index (χ2v) is 6.75. The minimum absolute atomic E-state index is 0.139. The van der Waals surface area contributed by atoms with E-state index in [1.165, 1.54) is 11.1 Å². The fourth-order valence-electron chi connectivity index (χ4n) is 3.28. The van der Waals surface area contributed by atoms with Gasteiger partial charge < -0.3 is 10.6 Å². The summed E-state index contributed by atoms with van der Waals surface area (Å²) in [5, 5.41) is 7.30. The van der Waals surface area contributed by atoms with Crippen molar-refractivity contribution in [3.63, 3.8) is 0 Å². The number of benzene rings is 1. The summed E-state index contributed by atoms with van der Waals surface area (Å²) < 4.78 is 0. The number of amides is 1. The van der Waals surface area contributed by atoms with Gasteiger partial charge in [0.25, 0.3) is 0 Å². The van der Waals surface area contributed by atoms with Crippen molar-refractivity contribution in [3.8, 4) is 0 Å². The van der Waals surface area contributed by atoms with Crippen molar-refractivity contribution in [2.75, 3.05) is 6.54 Å². The molecule has 1 amide bonds. The molecule has 2 N–H and O–H groups in total. The first-order valence-electron chi connectivity index (χ1n) is 6.77. The van der Waals surface area contributed by atoms with Crippen LogP contribution >= 0.6 is 11.6 Å². The lowest BCUT2D eigenvalue weighted by Crippen LogP contribution is -2.39. The number of hydrogen-bond donors (Lipinski definition) is 2. The van der Waals surface area contributed by atoms with Gasteiger partial charge in [-0.3, -0.25) is 4.79 Å². The first-order chi connectivity index (χ1) is 8.95. The van der Waals surface area contributed by atoms with E-state index in [0.717, 1.165) is 18.0 Å². The Morgan fingerprint density at radius 3 is 2.89 bits per heavy atom. The largest absolute Gasteiger partial charge is 0.354 e. The summed E-state index contributed by atoms with van der Waals surface area (Å²) in [7, 11) is 0. The monoisotopic (exact) mass is 278 g/mol. The summed E-state index contributed by atoms with van der Waals surface area (Å²) in [5.74, 6) is 0.139. The Hall–Kier alpha value is -1.06. The van der Waals surface area contributed by atoms with Crippen molar-refractivity contribution in [2.45, 2.75) is 38.8 Å². The molecule has 0 bridgehead atoms. The smallest absolute Gasteiger partial charge is 0.221 e. The predicted molar refractivity (Wildman–Crippen MR) is 76.2 cm³/mol. The van der Waals surface area contributed by atoms with Crippen LogP contribution in [-0.2, 0) is 11.2 Å². The minimum Gasteiger partial charge on any atom is -0.354 e. The van der Waals surface area contributed by atoms with Crippen LogP contribution in [0.5, 0.6) is 0 Å². The molecule has 0 radical (unpaired) electrons. The van der Waals surface area contributed by atoms with Crippen LogP contribution in [0.15, 0.2) is 18.2 Å². The third kappa shape index (κ3) is 2.37. The van der Waals surface area contributed by atoms with Crippen molar-refractivity contribution in [3.05, 3.63) is 34.3 Å². The molecule has 3 nitrogen and oxygen atoms in total. The molecular weight excluding hydrogens is 260 g/mol. The molecule has 1 aliphatic heterocycles. The lowest BCUT2D eigenvalue weighted by molar-refractivity contribution is -0.119. The maximum Gasteiger partial charge on any atom is 0.221 e. The SMILES string of the molecule is CC1(C)Cc2ccc(Cl)cc2C1NC1CNC(=O)C1. The number of fused-ring (bicyclic) bond motifs is 1. The summed E-state index contributed by atoms with van der Waals surface area (Å²) in [6.07, 6.45) is 1.62. The Morgan fingerprint density at radius 1 is 1.42 bits per heavy atom. The van der Waals surface area contributed by atoms with Crippen LogP contribution < -0.4 is 10.6 Å². The van der Waals surface area contributed by atoms with Crippen molar-refractivity contribution >= 4 is 17.5 Å². The molecule has 2 unspecified atom stereocenters. The lowest BCUT2D eigenvalue weighted by Gasteiger charge is -2.31. The summed E-state index contributed by atoms with van der Waals surface area (Å²) in [6, 6.07) is 6.63. The molecule has 1 saturated heterocycles. The molecule has 4 heteroatoms. The van der Waals surface area contributed by atoms with Gasteiger partial charge >= 0.3 is 0 Å². The molecule has 0 spiro atoms. The molecule has 19 heavy (non-hydrogen) atoms. The van der Waals surface area contributed by atoms with E-state index in [2.05, 4.69) is 36.6 Å². The van der Waals surface area contributed by atoms with Gasteiger partial charge in [0.15, 0.2) is 0 Å². The Kier molecular flexibility index (Phi) is 3.06. The zero-order valence-electron chi connectivity index (χ0n) is 11.3. The van der Waals surface area contributed by atoms with E-state index in [9.17, 15) is 4.79 Å². The molecule has 2 atom stereocenters. The average molecular weight is 279 g/mol. The first kappa shape index (κ1) is 12.9. The molecule has 0 aromatic heterocycles. The van der Waals surface area contributed by atoms with Crippen LogP contribution in [0.1, 0.15) is 37.4 Å². The topological polar surface area (TPSA) is 41.1 Å². The van der Waals surface area contributed by atoms with Gasteiger partial charge in [-0.25, -0.2) is 0 Å². The summed E-state index contributed by atoms with van der Waals surface area (Å²) in [6.45, 7) is 5.26. The fourth-order valence-corrected chi connectivity index (χ4v) is 3.46. The van der Waals surface area contributed by atoms with E-state index < -0.39 is 0 Å².